The molecule has 0 aliphatic carbocycles. The number of halogens is 2. The summed E-state index contributed by atoms with van der Waals surface area (Å²) in [6.07, 6.45) is 8.79. The summed E-state index contributed by atoms with van der Waals surface area (Å²) >= 11 is 5.50. The predicted octanol–water partition coefficient (Wildman–Crippen LogP) is 2.15. The molecule has 3 N–H and O–H groups in total. The average Bonchev–Trinajstić information content (AvgIpc) is 3.53. The van der Waals surface area contributed by atoms with E-state index in [2.05, 4.69) is 30.8 Å². The second kappa shape index (κ2) is 15.4. The number of nitrogens with one attached hydrogen (secondary N) is 3. The minimum Gasteiger partial charge on any atom is -0.371 e. The van der Waals surface area contributed by atoms with Crippen molar-refractivity contribution in [3.8, 4) is 0 Å². The largest absolute Gasteiger partial charge is 0.371 e. The van der Waals surface area contributed by atoms with Gasteiger partial charge in [-0.05, 0) is 43.7 Å². The SMILES string of the molecule is CNC(=O)C1CCN(c2ccncc2)C1.CNC(=O)C1CCNC1.Cl.Clc1ccncc1. The predicted molar refractivity (Wildman–Crippen MR) is 130 cm³/mol. The van der Waals surface area contributed by atoms with Crippen molar-refractivity contribution in [2.45, 2.75) is 12.8 Å². The number of carbonyl (C=O) groups is 2. The Kier molecular flexibility index (Phi) is 13.3. The summed E-state index contributed by atoms with van der Waals surface area (Å²) in [6.45, 7) is 3.59. The molecule has 0 bridgehead atoms. The van der Waals surface area contributed by atoms with Crippen molar-refractivity contribution in [2.24, 2.45) is 11.8 Å². The molecule has 4 rings (SSSR count). The van der Waals surface area contributed by atoms with E-state index in [1.165, 1.54) is 0 Å². The maximum Gasteiger partial charge on any atom is 0.224 e. The fourth-order valence-electron chi connectivity index (χ4n) is 3.38. The molecule has 2 aromatic rings. The van der Waals surface area contributed by atoms with Crippen molar-refractivity contribution in [2.75, 3.05) is 45.2 Å². The van der Waals surface area contributed by atoms with Crippen LogP contribution in [0.1, 0.15) is 12.8 Å². The van der Waals surface area contributed by atoms with Gasteiger partial charge in [-0.25, -0.2) is 0 Å². The first-order valence-electron chi connectivity index (χ1n) is 10.4. The molecule has 2 aliphatic rings. The first-order chi connectivity index (χ1) is 15.0. The standard InChI is InChI=1S/C11H15N3O.C6H12N2O.C5H4ClN.ClH/c1-12-11(15)9-4-7-14(8-9)10-2-5-13-6-3-10;1-7-6(9)5-2-3-8-4-5;6-5-1-3-7-4-2-5;/h2-3,5-6,9H,4,7-8H2,1H3,(H,12,15);5,8H,2-4H2,1H3,(H,7,9);1-4H;1H. The molecule has 2 unspecified atom stereocenters. The number of nitrogens with zero attached hydrogens (tertiary/aromatic N) is 3. The molecule has 176 valence electrons. The Labute approximate surface area is 200 Å². The number of amides is 2. The van der Waals surface area contributed by atoms with E-state index in [0.29, 0.717) is 0 Å². The van der Waals surface area contributed by atoms with Gasteiger partial charge in [0.15, 0.2) is 0 Å². The fourth-order valence-corrected chi connectivity index (χ4v) is 3.50. The van der Waals surface area contributed by atoms with Gasteiger partial charge in [0, 0.05) is 69.2 Å². The van der Waals surface area contributed by atoms with Gasteiger partial charge in [0.05, 0.1) is 11.8 Å². The van der Waals surface area contributed by atoms with Crippen LogP contribution in [0.4, 0.5) is 5.69 Å². The van der Waals surface area contributed by atoms with Crippen LogP contribution in [0.15, 0.2) is 49.1 Å². The molecule has 2 fully saturated rings. The van der Waals surface area contributed by atoms with Crippen LogP contribution in [-0.4, -0.2) is 62.1 Å². The maximum atomic E-state index is 11.4. The lowest BCUT2D eigenvalue weighted by Crippen LogP contribution is -2.30. The Balaban J connectivity index is 0.000000258. The zero-order valence-corrected chi connectivity index (χ0v) is 20.0. The minimum atomic E-state index is 0. The maximum absolute atomic E-state index is 11.4. The Hall–Kier alpha value is -2.42. The molecule has 2 saturated heterocycles. The third-order valence-corrected chi connectivity index (χ3v) is 5.40. The molecule has 10 heteroatoms. The second-order valence-electron chi connectivity index (χ2n) is 7.22. The highest BCUT2D eigenvalue weighted by atomic mass is 35.5. The second-order valence-corrected chi connectivity index (χ2v) is 7.66. The van der Waals surface area contributed by atoms with Crippen LogP contribution in [0.5, 0.6) is 0 Å². The van der Waals surface area contributed by atoms with Gasteiger partial charge in [-0.2, -0.15) is 0 Å². The Bertz CT molecular complexity index is 792. The van der Waals surface area contributed by atoms with Crippen LogP contribution in [-0.2, 0) is 9.59 Å². The highest BCUT2D eigenvalue weighted by Crippen LogP contribution is 2.22. The number of carbonyl (C=O) groups excluding carboxylic acids is 2. The van der Waals surface area contributed by atoms with Gasteiger partial charge >= 0.3 is 0 Å². The van der Waals surface area contributed by atoms with E-state index in [1.807, 2.05) is 12.1 Å². The third-order valence-electron chi connectivity index (χ3n) is 5.15. The van der Waals surface area contributed by atoms with E-state index in [0.717, 1.165) is 49.7 Å². The Morgan fingerprint density at radius 3 is 2.00 bits per heavy atom. The number of pyridine rings is 2. The molecule has 8 nitrogen and oxygen atoms in total. The molecule has 2 amide bonds. The van der Waals surface area contributed by atoms with Crippen molar-refractivity contribution in [1.82, 2.24) is 25.9 Å². The van der Waals surface area contributed by atoms with Crippen LogP contribution in [0.3, 0.4) is 0 Å². The summed E-state index contributed by atoms with van der Waals surface area (Å²) in [5.41, 5.74) is 1.15. The van der Waals surface area contributed by atoms with Crippen molar-refractivity contribution in [3.63, 3.8) is 0 Å². The summed E-state index contributed by atoms with van der Waals surface area (Å²) in [5, 5.41) is 9.19. The average molecular weight is 483 g/mol. The van der Waals surface area contributed by atoms with E-state index in [-0.39, 0.29) is 36.1 Å². The molecular formula is C22H32Cl2N6O2. The molecular weight excluding hydrogens is 451 g/mol. The Morgan fingerprint density at radius 2 is 1.53 bits per heavy atom. The molecule has 0 spiro atoms. The lowest BCUT2D eigenvalue weighted by molar-refractivity contribution is -0.124. The lowest BCUT2D eigenvalue weighted by atomic mass is 10.1. The van der Waals surface area contributed by atoms with Crippen LogP contribution in [0.2, 0.25) is 5.02 Å². The quantitative estimate of drug-likeness (QED) is 0.619. The van der Waals surface area contributed by atoms with E-state index in [9.17, 15) is 9.59 Å². The minimum absolute atomic E-state index is 0. The summed E-state index contributed by atoms with van der Waals surface area (Å²) in [4.78, 5) is 32.3. The van der Waals surface area contributed by atoms with E-state index in [1.54, 1.807) is 51.0 Å². The number of rotatable bonds is 3. The molecule has 32 heavy (non-hydrogen) atoms. The molecule has 4 heterocycles. The van der Waals surface area contributed by atoms with Crippen LogP contribution in [0.25, 0.3) is 0 Å². The van der Waals surface area contributed by atoms with Gasteiger partial charge in [0.1, 0.15) is 0 Å². The smallest absolute Gasteiger partial charge is 0.224 e. The number of hydrogen-bond donors (Lipinski definition) is 3. The zero-order chi connectivity index (χ0) is 22.5. The van der Waals surface area contributed by atoms with Gasteiger partial charge in [0.25, 0.3) is 0 Å². The molecule has 0 saturated carbocycles. The van der Waals surface area contributed by atoms with E-state index >= 15 is 0 Å². The molecule has 2 atom stereocenters. The number of anilines is 1. The normalized spacial score (nSPS) is 18.8. The van der Waals surface area contributed by atoms with Crippen molar-refractivity contribution >= 4 is 41.5 Å². The summed E-state index contributed by atoms with van der Waals surface area (Å²) in [7, 11) is 3.37. The van der Waals surface area contributed by atoms with Gasteiger partial charge in [0.2, 0.25) is 11.8 Å². The number of hydrogen-bond acceptors (Lipinski definition) is 6. The van der Waals surface area contributed by atoms with Crippen molar-refractivity contribution in [1.29, 1.82) is 0 Å². The fraction of sp³-hybridized carbons (Fsp3) is 0.455. The van der Waals surface area contributed by atoms with E-state index < -0.39 is 0 Å². The van der Waals surface area contributed by atoms with Gasteiger partial charge in [-0.1, -0.05) is 11.6 Å². The zero-order valence-electron chi connectivity index (χ0n) is 18.5. The first-order valence-corrected chi connectivity index (χ1v) is 10.8. The topological polar surface area (TPSA) is 99.3 Å². The van der Waals surface area contributed by atoms with Gasteiger partial charge < -0.3 is 20.9 Å². The summed E-state index contributed by atoms with van der Waals surface area (Å²) in [5.74, 6) is 0.657. The molecule has 0 aromatic carbocycles. The van der Waals surface area contributed by atoms with Crippen LogP contribution >= 0.6 is 24.0 Å². The molecule has 0 radical (unpaired) electrons. The van der Waals surface area contributed by atoms with E-state index in [4.69, 9.17) is 11.6 Å². The monoisotopic (exact) mass is 482 g/mol. The third kappa shape index (κ3) is 9.38. The highest BCUT2D eigenvalue weighted by Gasteiger charge is 2.27. The van der Waals surface area contributed by atoms with Crippen LogP contribution < -0.4 is 20.9 Å². The van der Waals surface area contributed by atoms with Gasteiger partial charge in [-0.15, -0.1) is 12.4 Å². The van der Waals surface area contributed by atoms with Crippen LogP contribution in [0, 0.1) is 11.8 Å². The van der Waals surface area contributed by atoms with Crippen molar-refractivity contribution in [3.05, 3.63) is 54.1 Å². The molecule has 2 aliphatic heterocycles. The lowest BCUT2D eigenvalue weighted by Gasteiger charge is -2.17. The first kappa shape index (κ1) is 27.6. The highest BCUT2D eigenvalue weighted by molar-refractivity contribution is 6.30. The summed E-state index contributed by atoms with van der Waals surface area (Å²) < 4.78 is 0. The number of aromatic nitrogens is 2. The van der Waals surface area contributed by atoms with Crippen molar-refractivity contribution < 1.29 is 9.59 Å². The summed E-state index contributed by atoms with van der Waals surface area (Å²) in [6, 6.07) is 7.43. The Morgan fingerprint density at radius 1 is 0.969 bits per heavy atom. The molecule has 2 aromatic heterocycles. The van der Waals surface area contributed by atoms with Gasteiger partial charge in [-0.3, -0.25) is 19.6 Å².